The molecule has 1 heterocycles. The van der Waals surface area contributed by atoms with E-state index >= 15 is 0 Å². The van der Waals surface area contributed by atoms with E-state index in [2.05, 4.69) is 10.8 Å². The second-order valence-electron chi connectivity index (χ2n) is 2.81. The van der Waals surface area contributed by atoms with Crippen molar-refractivity contribution in [2.45, 2.75) is 0 Å². The Morgan fingerprint density at radius 3 is 3.06 bits per heavy atom. The van der Waals surface area contributed by atoms with Crippen LogP contribution in [0.2, 0.25) is 0 Å². The fourth-order valence-electron chi connectivity index (χ4n) is 1.26. The van der Waals surface area contributed by atoms with Gasteiger partial charge in [0, 0.05) is 0 Å². The van der Waals surface area contributed by atoms with Gasteiger partial charge in [-0.1, -0.05) is 0 Å². The van der Waals surface area contributed by atoms with Crippen molar-refractivity contribution >= 4 is 34.6 Å². The number of nitrogen functional groups attached to an aromatic ring is 1. The molecule has 0 fully saturated rings. The molecule has 0 saturated heterocycles. The molecule has 1 aromatic carbocycles. The molecule has 0 spiro atoms. The van der Waals surface area contributed by atoms with Crippen LogP contribution in [0.4, 0.5) is 5.13 Å². The summed E-state index contributed by atoms with van der Waals surface area (Å²) < 4.78 is 21.3. The number of anilines is 1. The van der Waals surface area contributed by atoms with E-state index in [4.69, 9.17) is 15.2 Å². The summed E-state index contributed by atoms with van der Waals surface area (Å²) in [5.74, 6) is 3.24. The Bertz CT molecular complexity index is 634. The number of benzene rings is 1. The van der Waals surface area contributed by atoms with Crippen LogP contribution in [-0.4, -0.2) is 12.1 Å². The van der Waals surface area contributed by atoms with Crippen LogP contribution < -0.4 is 15.2 Å². The molecule has 16 heavy (non-hydrogen) atoms. The third kappa shape index (κ3) is 2.04. The third-order valence-corrected chi connectivity index (χ3v) is 2.88. The number of methoxy groups -OCH3 is 1. The standard InChI is InChI=1S/C9H7N2O3PS/c1-13-5-2-6(14-4-15-12)8-7(3-5)16-9(10)11-8/h2-3H,1H3,(H2,10,11). The number of fused-ring (bicyclic) bond motifs is 1. The summed E-state index contributed by atoms with van der Waals surface area (Å²) in [6, 6.07) is 3.45. The van der Waals surface area contributed by atoms with Gasteiger partial charge in [-0.15, -0.1) is 0 Å². The number of hydrogen-bond acceptors (Lipinski definition) is 6. The molecule has 5 nitrogen and oxygen atoms in total. The van der Waals surface area contributed by atoms with Gasteiger partial charge in [0.05, 0.1) is 0 Å². The minimum atomic E-state index is -0.327. The molecule has 0 aliphatic rings. The Morgan fingerprint density at radius 1 is 1.56 bits per heavy atom. The summed E-state index contributed by atoms with van der Waals surface area (Å²) in [5.41, 5.74) is 6.22. The van der Waals surface area contributed by atoms with Gasteiger partial charge in [0.15, 0.2) is 0 Å². The van der Waals surface area contributed by atoms with Crippen LogP contribution in [0.1, 0.15) is 0 Å². The monoisotopic (exact) mass is 254 g/mol. The van der Waals surface area contributed by atoms with Gasteiger partial charge in [0.1, 0.15) is 0 Å². The number of thiazole rings is 1. The Labute approximate surface area is 96.3 Å². The Kier molecular flexibility index (Phi) is 3.15. The fraction of sp³-hybridized carbons (Fsp3) is 0.111. The summed E-state index contributed by atoms with van der Waals surface area (Å²) >= 11 is 1.33. The number of hydrogen-bond donors (Lipinski definition) is 1. The van der Waals surface area contributed by atoms with Gasteiger partial charge in [0.2, 0.25) is 0 Å². The Morgan fingerprint density at radius 2 is 2.38 bits per heavy atom. The van der Waals surface area contributed by atoms with Gasteiger partial charge >= 0.3 is 95.9 Å². The first-order valence-electron chi connectivity index (χ1n) is 4.23. The van der Waals surface area contributed by atoms with Crippen molar-refractivity contribution in [2.75, 3.05) is 12.8 Å². The molecule has 0 bridgehead atoms. The van der Waals surface area contributed by atoms with Crippen molar-refractivity contribution in [1.29, 1.82) is 0 Å². The summed E-state index contributed by atoms with van der Waals surface area (Å²) in [6.45, 7) is 0. The molecule has 0 radical (unpaired) electrons. The third-order valence-electron chi connectivity index (χ3n) is 1.88. The first kappa shape index (κ1) is 11.0. The number of rotatable bonds is 2. The normalized spacial score (nSPS) is 9.81. The van der Waals surface area contributed by atoms with E-state index in [1.165, 1.54) is 11.3 Å². The van der Waals surface area contributed by atoms with Crippen molar-refractivity contribution in [3.63, 3.8) is 0 Å². The SMILES string of the molecule is COc1cc(OC#P=O)c2nc(N)sc2c1. The molecular formula is C9H7N2O3PS. The van der Waals surface area contributed by atoms with E-state index in [1.54, 1.807) is 13.2 Å². The van der Waals surface area contributed by atoms with E-state index in [9.17, 15) is 4.57 Å². The molecule has 0 aliphatic heterocycles. The van der Waals surface area contributed by atoms with Crippen LogP contribution in [0.3, 0.4) is 0 Å². The minimum absolute atomic E-state index is 0.327. The van der Waals surface area contributed by atoms with Crippen molar-refractivity contribution < 1.29 is 14.0 Å². The van der Waals surface area contributed by atoms with Crippen molar-refractivity contribution in [3.05, 3.63) is 12.1 Å². The molecule has 0 unspecified atom stereocenters. The number of nitrogens with zero attached hydrogens (tertiary/aromatic N) is 1. The average molecular weight is 254 g/mol. The first-order chi connectivity index (χ1) is 7.74. The van der Waals surface area contributed by atoms with E-state index in [0.29, 0.717) is 22.1 Å². The molecule has 82 valence electrons. The molecule has 2 rings (SSSR count). The van der Waals surface area contributed by atoms with E-state index in [-0.39, 0.29) is 7.92 Å². The number of ether oxygens (including phenoxy) is 2. The van der Waals surface area contributed by atoms with Gasteiger partial charge < -0.3 is 0 Å². The molecule has 2 N–H and O–H groups in total. The van der Waals surface area contributed by atoms with Crippen molar-refractivity contribution in [2.24, 2.45) is 0 Å². The fourth-order valence-corrected chi connectivity index (χ4v) is 2.17. The molecule has 7 heteroatoms. The zero-order chi connectivity index (χ0) is 11.5. The molecule has 0 amide bonds. The second kappa shape index (κ2) is 4.58. The molecule has 2 aromatic rings. The summed E-state index contributed by atoms with van der Waals surface area (Å²) in [4.78, 5) is 4.11. The summed E-state index contributed by atoms with van der Waals surface area (Å²) in [5, 5.41) is 0.438. The van der Waals surface area contributed by atoms with Crippen LogP contribution in [0.15, 0.2) is 12.1 Å². The topological polar surface area (TPSA) is 74.4 Å². The predicted octanol–water partition coefficient (Wildman–Crippen LogP) is 2.47. The molecule has 0 atom stereocenters. The van der Waals surface area contributed by atoms with Crippen LogP contribution >= 0.6 is 19.3 Å². The first-order valence-corrected chi connectivity index (χ1v) is 5.85. The van der Waals surface area contributed by atoms with Crippen LogP contribution in [0.25, 0.3) is 10.2 Å². The quantitative estimate of drug-likeness (QED) is 0.833. The van der Waals surface area contributed by atoms with Gasteiger partial charge in [-0.05, 0) is 0 Å². The van der Waals surface area contributed by atoms with Gasteiger partial charge in [-0.2, -0.15) is 0 Å². The van der Waals surface area contributed by atoms with Crippen LogP contribution in [0, 0.1) is 5.81 Å². The Balaban J connectivity index is 2.65. The van der Waals surface area contributed by atoms with Crippen molar-refractivity contribution in [1.82, 2.24) is 4.98 Å². The summed E-state index contributed by atoms with van der Waals surface area (Å²) in [6.07, 6.45) is 0. The van der Waals surface area contributed by atoms with Crippen LogP contribution in [-0.2, 0) is 4.57 Å². The predicted molar refractivity (Wildman–Crippen MR) is 62.7 cm³/mol. The zero-order valence-corrected chi connectivity index (χ0v) is 9.97. The molecule has 0 saturated carbocycles. The van der Waals surface area contributed by atoms with E-state index in [0.717, 1.165) is 4.70 Å². The van der Waals surface area contributed by atoms with E-state index in [1.807, 2.05) is 6.07 Å². The maximum absolute atomic E-state index is 10.3. The maximum atomic E-state index is 10.3. The Hall–Kier alpha value is -1.48. The zero-order valence-electron chi connectivity index (χ0n) is 8.26. The van der Waals surface area contributed by atoms with Crippen LogP contribution in [0.5, 0.6) is 11.5 Å². The second-order valence-corrected chi connectivity index (χ2v) is 4.24. The number of nitrogens with two attached hydrogens (primary N) is 1. The van der Waals surface area contributed by atoms with Gasteiger partial charge in [-0.3, -0.25) is 0 Å². The van der Waals surface area contributed by atoms with Crippen molar-refractivity contribution in [3.8, 4) is 17.3 Å². The van der Waals surface area contributed by atoms with E-state index < -0.39 is 0 Å². The molecule has 0 aliphatic carbocycles. The average Bonchev–Trinajstić information content (AvgIpc) is 2.65. The summed E-state index contributed by atoms with van der Waals surface area (Å²) in [7, 11) is 1.22. The molecule has 1 aromatic heterocycles. The molecular weight excluding hydrogens is 247 g/mol. The number of aromatic nitrogens is 1. The van der Waals surface area contributed by atoms with Gasteiger partial charge in [-0.25, -0.2) is 0 Å². The van der Waals surface area contributed by atoms with Gasteiger partial charge in [0.25, 0.3) is 0 Å².